The van der Waals surface area contributed by atoms with Gasteiger partial charge in [-0.2, -0.15) is 0 Å². The first kappa shape index (κ1) is 13.5. The van der Waals surface area contributed by atoms with E-state index in [1.807, 2.05) is 37.4 Å². The lowest BCUT2D eigenvalue weighted by Crippen LogP contribution is -2.37. The van der Waals surface area contributed by atoms with Gasteiger partial charge in [0.25, 0.3) is 0 Å². The molecule has 1 unspecified atom stereocenters. The van der Waals surface area contributed by atoms with E-state index in [1.165, 1.54) is 19.4 Å². The molecule has 100 valence electrons. The Labute approximate surface area is 110 Å². The van der Waals surface area contributed by atoms with E-state index < -0.39 is 0 Å². The molecule has 1 heterocycles. The molecule has 1 saturated heterocycles. The minimum Gasteiger partial charge on any atom is -0.388 e. The lowest BCUT2D eigenvalue weighted by atomic mass is 10.1. The fourth-order valence-corrected chi connectivity index (χ4v) is 2.79. The quantitative estimate of drug-likeness (QED) is 0.806. The summed E-state index contributed by atoms with van der Waals surface area (Å²) in [5, 5.41) is 13.4. The summed E-state index contributed by atoms with van der Waals surface area (Å²) in [6.07, 6.45) is 3.06. The Balaban J connectivity index is 1.80. The molecule has 1 aromatic carbocycles. The predicted octanol–water partition coefficient (Wildman–Crippen LogP) is 1.79. The molecule has 0 spiro atoms. The lowest BCUT2D eigenvalue weighted by Gasteiger charge is -2.25. The van der Waals surface area contributed by atoms with Crippen molar-refractivity contribution in [3.63, 3.8) is 0 Å². The zero-order valence-corrected chi connectivity index (χ0v) is 11.2. The van der Waals surface area contributed by atoms with E-state index >= 15 is 0 Å². The number of hydrogen-bond donors (Lipinski definition) is 2. The maximum Gasteiger partial charge on any atom is 0.0802 e. The topological polar surface area (TPSA) is 35.5 Å². The molecule has 2 N–H and O–H groups in total. The van der Waals surface area contributed by atoms with Crippen molar-refractivity contribution in [2.45, 2.75) is 31.4 Å². The van der Waals surface area contributed by atoms with Crippen molar-refractivity contribution in [1.29, 1.82) is 0 Å². The van der Waals surface area contributed by atoms with Gasteiger partial charge >= 0.3 is 0 Å². The molecule has 0 amide bonds. The molecular weight excluding hydrogens is 224 g/mol. The first-order valence-corrected chi connectivity index (χ1v) is 6.93. The molecule has 3 nitrogen and oxygen atoms in total. The van der Waals surface area contributed by atoms with Gasteiger partial charge in [0.05, 0.1) is 6.10 Å². The van der Waals surface area contributed by atoms with Crippen LogP contribution in [0.4, 0.5) is 0 Å². The molecule has 2 rings (SSSR count). The van der Waals surface area contributed by atoms with Crippen molar-refractivity contribution >= 4 is 0 Å². The summed E-state index contributed by atoms with van der Waals surface area (Å²) in [7, 11) is 2.01. The number of likely N-dealkylation sites (N-methyl/N-ethyl adjacent to an activating group) is 1. The number of aliphatic hydroxyl groups is 1. The van der Waals surface area contributed by atoms with Gasteiger partial charge in [0.15, 0.2) is 0 Å². The monoisotopic (exact) mass is 248 g/mol. The standard InChI is InChI=1S/C15H24N2O/c1-16-12-14-8-5-10-17(14)11-9-15(18)13-6-3-2-4-7-13/h2-4,6-7,14-16,18H,5,8-12H2,1H3/t14?,15-/m1/s1. The number of hydrogen-bond acceptors (Lipinski definition) is 3. The van der Waals surface area contributed by atoms with E-state index in [1.54, 1.807) is 0 Å². The lowest BCUT2D eigenvalue weighted by molar-refractivity contribution is 0.137. The van der Waals surface area contributed by atoms with Crippen molar-refractivity contribution in [2.75, 3.05) is 26.7 Å². The molecule has 1 aliphatic heterocycles. The van der Waals surface area contributed by atoms with Crippen LogP contribution in [0.2, 0.25) is 0 Å². The first-order valence-electron chi connectivity index (χ1n) is 6.93. The maximum atomic E-state index is 10.2. The number of benzene rings is 1. The Morgan fingerprint density at radius 3 is 2.89 bits per heavy atom. The summed E-state index contributed by atoms with van der Waals surface area (Å²) < 4.78 is 0. The largest absolute Gasteiger partial charge is 0.388 e. The second-order valence-corrected chi connectivity index (χ2v) is 5.10. The average Bonchev–Trinajstić information content (AvgIpc) is 2.85. The normalized spacial score (nSPS) is 22.2. The first-order chi connectivity index (χ1) is 8.81. The highest BCUT2D eigenvalue weighted by Crippen LogP contribution is 2.21. The molecule has 1 fully saturated rings. The van der Waals surface area contributed by atoms with Crippen LogP contribution in [-0.2, 0) is 0 Å². The van der Waals surface area contributed by atoms with E-state index in [0.717, 1.165) is 25.1 Å². The summed E-state index contributed by atoms with van der Waals surface area (Å²) in [5.74, 6) is 0. The van der Waals surface area contributed by atoms with Crippen LogP contribution in [0.25, 0.3) is 0 Å². The summed E-state index contributed by atoms with van der Waals surface area (Å²) in [4.78, 5) is 2.50. The van der Waals surface area contributed by atoms with Gasteiger partial charge in [0.1, 0.15) is 0 Å². The summed E-state index contributed by atoms with van der Waals surface area (Å²) in [6.45, 7) is 3.22. The zero-order valence-electron chi connectivity index (χ0n) is 11.2. The Kier molecular flexibility index (Phi) is 5.17. The van der Waals surface area contributed by atoms with Crippen molar-refractivity contribution in [2.24, 2.45) is 0 Å². The van der Waals surface area contributed by atoms with Crippen LogP contribution in [0.1, 0.15) is 30.9 Å². The van der Waals surface area contributed by atoms with Gasteiger partial charge < -0.3 is 10.4 Å². The Morgan fingerprint density at radius 2 is 2.17 bits per heavy atom. The van der Waals surface area contributed by atoms with Crippen LogP contribution in [0.3, 0.4) is 0 Å². The minimum absolute atomic E-state index is 0.331. The summed E-state index contributed by atoms with van der Waals surface area (Å²) >= 11 is 0. The minimum atomic E-state index is -0.331. The molecule has 0 saturated carbocycles. The van der Waals surface area contributed by atoms with Crippen LogP contribution in [-0.4, -0.2) is 42.7 Å². The van der Waals surface area contributed by atoms with Crippen LogP contribution in [0.5, 0.6) is 0 Å². The number of nitrogens with zero attached hydrogens (tertiary/aromatic N) is 1. The van der Waals surface area contributed by atoms with Crippen molar-refractivity contribution < 1.29 is 5.11 Å². The molecule has 0 bridgehead atoms. The fraction of sp³-hybridized carbons (Fsp3) is 0.600. The number of aliphatic hydroxyl groups excluding tert-OH is 1. The van der Waals surface area contributed by atoms with Gasteiger partial charge in [-0.25, -0.2) is 0 Å². The molecule has 0 aliphatic carbocycles. The molecule has 0 aromatic heterocycles. The second-order valence-electron chi connectivity index (χ2n) is 5.10. The third-order valence-electron chi connectivity index (χ3n) is 3.81. The van der Waals surface area contributed by atoms with E-state index in [0.29, 0.717) is 6.04 Å². The van der Waals surface area contributed by atoms with Crippen LogP contribution in [0.15, 0.2) is 30.3 Å². The Hall–Kier alpha value is -0.900. The van der Waals surface area contributed by atoms with Gasteiger partial charge in [-0.05, 0) is 38.4 Å². The summed E-state index contributed by atoms with van der Waals surface area (Å²) in [5.41, 5.74) is 1.03. The molecule has 2 atom stereocenters. The smallest absolute Gasteiger partial charge is 0.0802 e. The van der Waals surface area contributed by atoms with E-state index in [4.69, 9.17) is 0 Å². The second kappa shape index (κ2) is 6.88. The van der Waals surface area contributed by atoms with Crippen molar-refractivity contribution in [3.8, 4) is 0 Å². The van der Waals surface area contributed by atoms with Gasteiger partial charge in [0, 0.05) is 19.1 Å². The predicted molar refractivity (Wildman–Crippen MR) is 74.5 cm³/mol. The Morgan fingerprint density at radius 1 is 1.39 bits per heavy atom. The van der Waals surface area contributed by atoms with Gasteiger partial charge in [-0.15, -0.1) is 0 Å². The van der Waals surface area contributed by atoms with Gasteiger partial charge in [0.2, 0.25) is 0 Å². The third-order valence-corrected chi connectivity index (χ3v) is 3.81. The van der Waals surface area contributed by atoms with Crippen molar-refractivity contribution in [3.05, 3.63) is 35.9 Å². The van der Waals surface area contributed by atoms with E-state index in [-0.39, 0.29) is 6.10 Å². The Bertz CT molecular complexity index is 342. The molecule has 18 heavy (non-hydrogen) atoms. The number of rotatable bonds is 6. The van der Waals surface area contributed by atoms with E-state index in [9.17, 15) is 5.11 Å². The molecule has 3 heteroatoms. The zero-order chi connectivity index (χ0) is 12.8. The molecule has 1 aliphatic rings. The average molecular weight is 248 g/mol. The fourth-order valence-electron chi connectivity index (χ4n) is 2.79. The molecular formula is C15H24N2O. The highest BCUT2D eigenvalue weighted by Gasteiger charge is 2.23. The van der Waals surface area contributed by atoms with Gasteiger partial charge in [-0.3, -0.25) is 4.90 Å². The van der Waals surface area contributed by atoms with Crippen molar-refractivity contribution in [1.82, 2.24) is 10.2 Å². The maximum absolute atomic E-state index is 10.2. The summed E-state index contributed by atoms with van der Waals surface area (Å²) in [6, 6.07) is 10.6. The SMILES string of the molecule is CNCC1CCCN1CC[C@@H](O)c1ccccc1. The third kappa shape index (κ3) is 3.55. The van der Waals surface area contributed by atoms with Crippen LogP contribution < -0.4 is 5.32 Å². The van der Waals surface area contributed by atoms with Crippen LogP contribution in [0, 0.1) is 0 Å². The number of nitrogens with one attached hydrogen (secondary N) is 1. The molecule has 1 aromatic rings. The van der Waals surface area contributed by atoms with E-state index in [2.05, 4.69) is 10.2 Å². The van der Waals surface area contributed by atoms with Crippen LogP contribution >= 0.6 is 0 Å². The van der Waals surface area contributed by atoms with Gasteiger partial charge in [-0.1, -0.05) is 30.3 Å². The molecule has 0 radical (unpaired) electrons. The highest BCUT2D eigenvalue weighted by atomic mass is 16.3. The highest BCUT2D eigenvalue weighted by molar-refractivity contribution is 5.17. The number of likely N-dealkylation sites (tertiary alicyclic amines) is 1.